The smallest absolute Gasteiger partial charge is 0.218 e. The van der Waals surface area contributed by atoms with E-state index in [2.05, 4.69) is 35.9 Å². The van der Waals surface area contributed by atoms with E-state index in [1.807, 2.05) is 13.8 Å². The normalized spacial score (nSPS) is 12.1. The molecule has 2 N–H and O–H groups in total. The van der Waals surface area contributed by atoms with Crippen LogP contribution in [-0.4, -0.2) is 37.2 Å². The van der Waals surface area contributed by atoms with Crippen LogP contribution in [0, 0.1) is 0 Å². The molecule has 2 aromatic rings. The molecule has 8 nitrogen and oxygen atoms in total. The van der Waals surface area contributed by atoms with E-state index < -0.39 is 0 Å². The molecule has 1 atom stereocenters. The number of hydrogen-bond acceptors (Lipinski definition) is 7. The monoisotopic (exact) mass is 235 g/mol. The van der Waals surface area contributed by atoms with Crippen molar-refractivity contribution in [2.75, 3.05) is 11.9 Å². The lowest BCUT2D eigenvalue weighted by Gasteiger charge is -2.10. The van der Waals surface area contributed by atoms with Gasteiger partial charge >= 0.3 is 0 Å². The molecule has 0 radical (unpaired) electrons. The third kappa shape index (κ3) is 2.86. The number of ether oxygens (including phenoxy) is 1. The van der Waals surface area contributed by atoms with Crippen molar-refractivity contribution in [3.05, 3.63) is 18.2 Å². The summed E-state index contributed by atoms with van der Waals surface area (Å²) in [5, 5.41) is 16.8. The minimum atomic E-state index is -0.0990. The third-order valence-electron chi connectivity index (χ3n) is 2.05. The Hall–Kier alpha value is -2.25. The van der Waals surface area contributed by atoms with Crippen LogP contribution in [0.3, 0.4) is 0 Å². The van der Waals surface area contributed by atoms with Gasteiger partial charge in [-0.05, 0) is 13.8 Å². The second kappa shape index (κ2) is 5.19. The lowest BCUT2D eigenvalue weighted by molar-refractivity contribution is 0.326. The summed E-state index contributed by atoms with van der Waals surface area (Å²) < 4.78 is 5.28. The fourth-order valence-corrected chi connectivity index (χ4v) is 1.28. The van der Waals surface area contributed by atoms with Crippen LogP contribution >= 0.6 is 0 Å². The van der Waals surface area contributed by atoms with E-state index in [1.165, 1.54) is 6.33 Å². The van der Waals surface area contributed by atoms with Crippen LogP contribution in [0.25, 0.3) is 0 Å². The van der Waals surface area contributed by atoms with Gasteiger partial charge in [-0.3, -0.25) is 0 Å². The van der Waals surface area contributed by atoms with Gasteiger partial charge in [0.15, 0.2) is 5.82 Å². The van der Waals surface area contributed by atoms with E-state index in [0.717, 1.165) is 0 Å². The fourth-order valence-electron chi connectivity index (χ4n) is 1.28. The number of aromatic amines is 1. The average Bonchev–Trinajstić information content (AvgIpc) is 2.83. The van der Waals surface area contributed by atoms with Gasteiger partial charge in [0.2, 0.25) is 5.88 Å². The Bertz CT molecular complexity index is 458. The molecule has 0 bridgehead atoms. The molecule has 0 spiro atoms. The van der Waals surface area contributed by atoms with E-state index in [4.69, 9.17) is 4.74 Å². The van der Waals surface area contributed by atoms with Crippen LogP contribution in [0.5, 0.6) is 5.88 Å². The number of rotatable bonds is 5. The van der Waals surface area contributed by atoms with Crippen molar-refractivity contribution in [2.45, 2.75) is 19.9 Å². The highest BCUT2D eigenvalue weighted by molar-refractivity contribution is 5.38. The standard InChI is InChI=1S/C9H13N7O/c1-3-17-8-4-7(10-5-11-8)12-6(2)9-13-15-16-14-9/h4-6H,3H2,1-2H3,(H,10,11,12)(H,13,14,15,16). The quantitative estimate of drug-likeness (QED) is 0.780. The molecule has 0 aliphatic carbocycles. The van der Waals surface area contributed by atoms with Crippen LogP contribution in [0.1, 0.15) is 25.7 Å². The van der Waals surface area contributed by atoms with Gasteiger partial charge in [-0.2, -0.15) is 5.21 Å². The molecule has 0 aliphatic heterocycles. The maximum Gasteiger partial charge on any atom is 0.218 e. The second-order valence-corrected chi connectivity index (χ2v) is 3.31. The van der Waals surface area contributed by atoms with Gasteiger partial charge in [0.05, 0.1) is 12.6 Å². The Kier molecular flexibility index (Phi) is 3.43. The molecular weight excluding hydrogens is 222 g/mol. The average molecular weight is 235 g/mol. The zero-order valence-corrected chi connectivity index (χ0v) is 9.58. The van der Waals surface area contributed by atoms with Gasteiger partial charge < -0.3 is 10.1 Å². The zero-order valence-electron chi connectivity index (χ0n) is 9.58. The first-order chi connectivity index (χ1) is 8.29. The molecule has 0 saturated heterocycles. The Morgan fingerprint density at radius 1 is 1.47 bits per heavy atom. The topological polar surface area (TPSA) is 102 Å². The van der Waals surface area contributed by atoms with Gasteiger partial charge in [0.1, 0.15) is 12.1 Å². The fraction of sp³-hybridized carbons (Fsp3) is 0.444. The Morgan fingerprint density at radius 2 is 2.35 bits per heavy atom. The summed E-state index contributed by atoms with van der Waals surface area (Å²) in [6.45, 7) is 4.38. The van der Waals surface area contributed by atoms with Crippen LogP contribution in [-0.2, 0) is 0 Å². The van der Waals surface area contributed by atoms with E-state index >= 15 is 0 Å². The van der Waals surface area contributed by atoms with E-state index in [9.17, 15) is 0 Å². The Labute approximate surface area is 97.8 Å². The molecule has 0 aliphatic rings. The SMILES string of the molecule is CCOc1cc(NC(C)c2nn[nH]n2)ncn1. The number of nitrogens with zero attached hydrogens (tertiary/aromatic N) is 5. The summed E-state index contributed by atoms with van der Waals surface area (Å²) in [4.78, 5) is 8.06. The van der Waals surface area contributed by atoms with Crippen molar-refractivity contribution >= 4 is 5.82 Å². The molecule has 2 aromatic heterocycles. The van der Waals surface area contributed by atoms with Crippen molar-refractivity contribution in [1.82, 2.24) is 30.6 Å². The van der Waals surface area contributed by atoms with Crippen LogP contribution in [0.2, 0.25) is 0 Å². The molecule has 0 fully saturated rings. The summed E-state index contributed by atoms with van der Waals surface area (Å²) >= 11 is 0. The minimum Gasteiger partial charge on any atom is -0.478 e. The molecule has 17 heavy (non-hydrogen) atoms. The van der Waals surface area contributed by atoms with Crippen molar-refractivity contribution in [2.24, 2.45) is 0 Å². The van der Waals surface area contributed by atoms with E-state index in [-0.39, 0.29) is 6.04 Å². The van der Waals surface area contributed by atoms with Gasteiger partial charge in [0.25, 0.3) is 0 Å². The molecule has 8 heteroatoms. The number of tetrazole rings is 1. The molecule has 90 valence electrons. The number of H-pyrrole nitrogens is 1. The molecule has 2 heterocycles. The van der Waals surface area contributed by atoms with Gasteiger partial charge in [-0.1, -0.05) is 5.21 Å². The Balaban J connectivity index is 2.05. The highest BCUT2D eigenvalue weighted by atomic mass is 16.5. The molecule has 2 rings (SSSR count). The second-order valence-electron chi connectivity index (χ2n) is 3.31. The Morgan fingerprint density at radius 3 is 3.06 bits per heavy atom. The molecule has 1 unspecified atom stereocenters. The zero-order chi connectivity index (χ0) is 12.1. The number of hydrogen-bond donors (Lipinski definition) is 2. The lowest BCUT2D eigenvalue weighted by atomic mass is 10.3. The maximum atomic E-state index is 5.28. The van der Waals surface area contributed by atoms with E-state index in [0.29, 0.717) is 24.1 Å². The predicted molar refractivity (Wildman–Crippen MR) is 59.4 cm³/mol. The number of aromatic nitrogens is 6. The lowest BCUT2D eigenvalue weighted by Crippen LogP contribution is -2.10. The molecular formula is C9H13N7O. The predicted octanol–water partition coefficient (Wildman–Crippen LogP) is 0.561. The first kappa shape index (κ1) is 11.2. The van der Waals surface area contributed by atoms with Gasteiger partial charge in [0, 0.05) is 6.07 Å². The van der Waals surface area contributed by atoms with Crippen molar-refractivity contribution in [1.29, 1.82) is 0 Å². The van der Waals surface area contributed by atoms with Crippen molar-refractivity contribution < 1.29 is 4.74 Å². The third-order valence-corrected chi connectivity index (χ3v) is 2.05. The molecule has 0 amide bonds. The van der Waals surface area contributed by atoms with Crippen molar-refractivity contribution in [3.63, 3.8) is 0 Å². The largest absolute Gasteiger partial charge is 0.478 e. The summed E-state index contributed by atoms with van der Waals surface area (Å²) in [5.74, 6) is 1.76. The van der Waals surface area contributed by atoms with Gasteiger partial charge in [-0.15, -0.1) is 10.2 Å². The highest BCUT2D eigenvalue weighted by Crippen LogP contribution is 2.16. The van der Waals surface area contributed by atoms with Crippen LogP contribution < -0.4 is 10.1 Å². The minimum absolute atomic E-state index is 0.0990. The summed E-state index contributed by atoms with van der Waals surface area (Å²) in [6, 6.07) is 1.62. The van der Waals surface area contributed by atoms with Crippen LogP contribution in [0.15, 0.2) is 12.4 Å². The van der Waals surface area contributed by atoms with Gasteiger partial charge in [-0.25, -0.2) is 9.97 Å². The summed E-state index contributed by atoms with van der Waals surface area (Å²) in [6.07, 6.45) is 1.44. The molecule has 0 aromatic carbocycles. The maximum absolute atomic E-state index is 5.28. The van der Waals surface area contributed by atoms with E-state index in [1.54, 1.807) is 6.07 Å². The molecule has 0 saturated carbocycles. The number of anilines is 1. The van der Waals surface area contributed by atoms with Crippen LogP contribution in [0.4, 0.5) is 5.82 Å². The highest BCUT2D eigenvalue weighted by Gasteiger charge is 2.10. The summed E-state index contributed by atoms with van der Waals surface area (Å²) in [5.41, 5.74) is 0. The first-order valence-corrected chi connectivity index (χ1v) is 5.24. The first-order valence-electron chi connectivity index (χ1n) is 5.24. The summed E-state index contributed by atoms with van der Waals surface area (Å²) in [7, 11) is 0. The van der Waals surface area contributed by atoms with Crippen molar-refractivity contribution in [3.8, 4) is 5.88 Å². The number of nitrogens with one attached hydrogen (secondary N) is 2.